The van der Waals surface area contributed by atoms with Gasteiger partial charge in [0, 0.05) is 30.0 Å². The lowest BCUT2D eigenvalue weighted by Gasteiger charge is -2.21. The van der Waals surface area contributed by atoms with Gasteiger partial charge in [-0.2, -0.15) is 0 Å². The highest BCUT2D eigenvalue weighted by Crippen LogP contribution is 2.21. The monoisotopic (exact) mass is 374 g/mol. The number of aryl methyl sites for hydroxylation is 1. The molecule has 0 radical (unpaired) electrons. The molecule has 0 unspecified atom stereocenters. The molecule has 2 N–H and O–H groups in total. The summed E-state index contributed by atoms with van der Waals surface area (Å²) < 4.78 is 0. The topological polar surface area (TPSA) is 57.3 Å². The summed E-state index contributed by atoms with van der Waals surface area (Å²) in [6.07, 6.45) is 1.71. The Labute approximate surface area is 166 Å². The first-order valence-electron chi connectivity index (χ1n) is 9.55. The normalized spacial score (nSPS) is 10.4. The minimum absolute atomic E-state index is 0.166. The van der Waals surface area contributed by atoms with Gasteiger partial charge in [-0.1, -0.05) is 17.7 Å². The van der Waals surface area contributed by atoms with Gasteiger partial charge in [-0.25, -0.2) is 4.98 Å². The van der Waals surface area contributed by atoms with Gasteiger partial charge < -0.3 is 15.5 Å². The number of carbonyl (C=O) groups is 1. The highest BCUT2D eigenvalue weighted by molar-refractivity contribution is 6.03. The first-order valence-corrected chi connectivity index (χ1v) is 9.55. The van der Waals surface area contributed by atoms with Gasteiger partial charge in [-0.3, -0.25) is 4.79 Å². The third-order valence-electron chi connectivity index (χ3n) is 4.60. The molecule has 0 aliphatic rings. The second-order valence-electron chi connectivity index (χ2n) is 6.60. The summed E-state index contributed by atoms with van der Waals surface area (Å²) in [5.41, 5.74) is 4.80. The zero-order valence-corrected chi connectivity index (χ0v) is 16.6. The number of aromatic nitrogens is 1. The largest absolute Gasteiger partial charge is 0.372 e. The van der Waals surface area contributed by atoms with Gasteiger partial charge in [0.25, 0.3) is 5.91 Å². The number of pyridine rings is 1. The number of amides is 1. The van der Waals surface area contributed by atoms with Crippen molar-refractivity contribution in [3.05, 3.63) is 78.0 Å². The second kappa shape index (κ2) is 9.04. The van der Waals surface area contributed by atoms with Crippen molar-refractivity contribution in [3.63, 3.8) is 0 Å². The predicted octanol–water partition coefficient (Wildman–Crippen LogP) is 5.23. The molecular formula is C23H26N4O. The molecule has 0 aliphatic carbocycles. The molecule has 0 atom stereocenters. The molecular weight excluding hydrogens is 348 g/mol. The maximum Gasteiger partial charge on any atom is 0.256 e. The molecule has 0 spiro atoms. The Morgan fingerprint density at radius 1 is 0.893 bits per heavy atom. The van der Waals surface area contributed by atoms with E-state index in [0.717, 1.165) is 30.0 Å². The molecule has 3 rings (SSSR count). The van der Waals surface area contributed by atoms with E-state index in [0.29, 0.717) is 11.4 Å². The Bertz CT molecular complexity index is 899. The molecule has 0 fully saturated rings. The summed E-state index contributed by atoms with van der Waals surface area (Å²) in [5, 5.41) is 6.15. The van der Waals surface area contributed by atoms with Crippen molar-refractivity contribution in [3.8, 4) is 0 Å². The molecule has 1 aromatic heterocycles. The Morgan fingerprint density at radius 2 is 1.54 bits per heavy atom. The second-order valence-corrected chi connectivity index (χ2v) is 6.60. The number of benzene rings is 2. The first-order chi connectivity index (χ1) is 13.6. The maximum absolute atomic E-state index is 12.3. The number of nitrogens with one attached hydrogen (secondary N) is 2. The number of hydrogen-bond acceptors (Lipinski definition) is 4. The molecule has 3 aromatic rings. The minimum Gasteiger partial charge on any atom is -0.372 e. The SMILES string of the molecule is CCN(CC)c1ccc(Nc2ccc(NC(=O)c3ccc(C)cc3)nc2)cc1. The van der Waals surface area contributed by atoms with E-state index >= 15 is 0 Å². The van der Waals surface area contributed by atoms with E-state index < -0.39 is 0 Å². The molecule has 5 nitrogen and oxygen atoms in total. The summed E-state index contributed by atoms with van der Waals surface area (Å²) in [5.74, 6) is 0.355. The van der Waals surface area contributed by atoms with Crippen LogP contribution in [0.25, 0.3) is 0 Å². The molecule has 2 aromatic carbocycles. The van der Waals surface area contributed by atoms with Crippen LogP contribution in [-0.4, -0.2) is 24.0 Å². The number of anilines is 4. The lowest BCUT2D eigenvalue weighted by molar-refractivity contribution is 0.102. The average Bonchev–Trinajstić information content (AvgIpc) is 2.72. The highest BCUT2D eigenvalue weighted by Gasteiger charge is 2.07. The number of hydrogen-bond donors (Lipinski definition) is 2. The number of carbonyl (C=O) groups excluding carboxylic acids is 1. The first kappa shape index (κ1) is 19.4. The van der Waals surface area contributed by atoms with E-state index in [1.165, 1.54) is 5.69 Å². The number of rotatable bonds is 7. The highest BCUT2D eigenvalue weighted by atomic mass is 16.1. The van der Waals surface area contributed by atoms with Gasteiger partial charge in [0.15, 0.2) is 0 Å². The molecule has 0 saturated carbocycles. The molecule has 1 amide bonds. The van der Waals surface area contributed by atoms with E-state index in [9.17, 15) is 4.79 Å². The molecule has 0 aliphatic heterocycles. The van der Waals surface area contributed by atoms with Crippen LogP contribution in [0.15, 0.2) is 66.9 Å². The Hall–Kier alpha value is -3.34. The van der Waals surface area contributed by atoms with Crippen LogP contribution in [0.4, 0.5) is 22.9 Å². The van der Waals surface area contributed by atoms with Crippen molar-refractivity contribution in [2.24, 2.45) is 0 Å². The van der Waals surface area contributed by atoms with Crippen LogP contribution in [0, 0.1) is 6.92 Å². The quantitative estimate of drug-likeness (QED) is 0.594. The van der Waals surface area contributed by atoms with Crippen molar-refractivity contribution >= 4 is 28.8 Å². The van der Waals surface area contributed by atoms with Crippen LogP contribution in [0.1, 0.15) is 29.8 Å². The standard InChI is InChI=1S/C23H26N4O/c1-4-27(5-2)21-13-10-19(11-14-21)25-20-12-15-22(24-16-20)26-23(28)18-8-6-17(3)7-9-18/h6-16,25H,4-5H2,1-3H3,(H,24,26,28). The van der Waals surface area contributed by atoms with Crippen molar-refractivity contribution in [2.75, 3.05) is 28.6 Å². The summed E-state index contributed by atoms with van der Waals surface area (Å²) in [6.45, 7) is 8.28. The van der Waals surface area contributed by atoms with Crippen LogP contribution in [0.3, 0.4) is 0 Å². The fourth-order valence-corrected chi connectivity index (χ4v) is 2.95. The van der Waals surface area contributed by atoms with Crippen molar-refractivity contribution in [1.82, 2.24) is 4.98 Å². The van der Waals surface area contributed by atoms with Crippen LogP contribution < -0.4 is 15.5 Å². The van der Waals surface area contributed by atoms with Gasteiger partial charge >= 0.3 is 0 Å². The molecule has 144 valence electrons. The molecule has 5 heteroatoms. The van der Waals surface area contributed by atoms with Crippen LogP contribution >= 0.6 is 0 Å². The van der Waals surface area contributed by atoms with Crippen LogP contribution in [-0.2, 0) is 0 Å². The van der Waals surface area contributed by atoms with Crippen LogP contribution in [0.2, 0.25) is 0 Å². The molecule has 0 saturated heterocycles. The fraction of sp³-hybridized carbons (Fsp3) is 0.217. The Morgan fingerprint density at radius 3 is 2.11 bits per heavy atom. The van der Waals surface area contributed by atoms with Gasteiger partial charge in [0.05, 0.1) is 11.9 Å². The van der Waals surface area contributed by atoms with Gasteiger partial charge in [0.1, 0.15) is 5.82 Å². The Kier molecular flexibility index (Phi) is 6.27. The zero-order valence-electron chi connectivity index (χ0n) is 16.6. The van der Waals surface area contributed by atoms with Crippen molar-refractivity contribution in [1.29, 1.82) is 0 Å². The Balaban J connectivity index is 1.61. The zero-order chi connectivity index (χ0) is 19.9. The van der Waals surface area contributed by atoms with E-state index in [4.69, 9.17) is 0 Å². The summed E-state index contributed by atoms with van der Waals surface area (Å²) >= 11 is 0. The van der Waals surface area contributed by atoms with Gasteiger partial charge in [-0.15, -0.1) is 0 Å². The van der Waals surface area contributed by atoms with Crippen molar-refractivity contribution < 1.29 is 4.79 Å². The fourth-order valence-electron chi connectivity index (χ4n) is 2.95. The summed E-state index contributed by atoms with van der Waals surface area (Å²) in [4.78, 5) is 18.9. The number of nitrogens with zero attached hydrogens (tertiary/aromatic N) is 2. The smallest absolute Gasteiger partial charge is 0.256 e. The van der Waals surface area contributed by atoms with E-state index in [1.807, 2.05) is 37.3 Å². The minimum atomic E-state index is -0.166. The predicted molar refractivity (Wildman–Crippen MR) is 117 cm³/mol. The van der Waals surface area contributed by atoms with Gasteiger partial charge in [-0.05, 0) is 69.3 Å². The summed E-state index contributed by atoms with van der Waals surface area (Å²) in [7, 11) is 0. The maximum atomic E-state index is 12.3. The molecule has 0 bridgehead atoms. The van der Waals surface area contributed by atoms with Gasteiger partial charge in [0.2, 0.25) is 0 Å². The molecule has 28 heavy (non-hydrogen) atoms. The van der Waals surface area contributed by atoms with E-state index in [-0.39, 0.29) is 5.91 Å². The average molecular weight is 374 g/mol. The third-order valence-corrected chi connectivity index (χ3v) is 4.60. The third kappa shape index (κ3) is 4.88. The lowest BCUT2D eigenvalue weighted by Crippen LogP contribution is -2.21. The van der Waals surface area contributed by atoms with Crippen molar-refractivity contribution in [2.45, 2.75) is 20.8 Å². The molecule has 1 heterocycles. The van der Waals surface area contributed by atoms with E-state index in [1.54, 1.807) is 12.3 Å². The lowest BCUT2D eigenvalue weighted by atomic mass is 10.1. The summed E-state index contributed by atoms with van der Waals surface area (Å²) in [6, 6.07) is 19.5. The van der Waals surface area contributed by atoms with E-state index in [2.05, 4.69) is 58.6 Å². The van der Waals surface area contributed by atoms with Crippen LogP contribution in [0.5, 0.6) is 0 Å².